The van der Waals surface area contributed by atoms with E-state index >= 15 is 0 Å². The van der Waals surface area contributed by atoms with Crippen molar-refractivity contribution >= 4 is 7.85 Å². The first-order chi connectivity index (χ1) is 5.65. The lowest BCUT2D eigenvalue weighted by Gasteiger charge is -2.36. The maximum absolute atomic E-state index is 2.45. The highest BCUT2D eigenvalue weighted by atomic mass is 14.3. The first-order valence-electron chi connectivity index (χ1n) is 5.65. The summed E-state index contributed by atoms with van der Waals surface area (Å²) < 4.78 is 0. The van der Waals surface area contributed by atoms with Gasteiger partial charge in [-0.05, 0) is 24.2 Å². The monoisotopic (exact) mass is 166 g/mol. The van der Waals surface area contributed by atoms with Gasteiger partial charge in [0.05, 0.1) is 0 Å². The molecule has 0 aromatic rings. The lowest BCUT2D eigenvalue weighted by atomic mass is 9.63. The van der Waals surface area contributed by atoms with Crippen molar-refractivity contribution in [3.8, 4) is 0 Å². The molecule has 1 heteroatoms. The van der Waals surface area contributed by atoms with Crippen LogP contribution >= 0.6 is 0 Å². The average molecular weight is 166 g/mol. The third-order valence-electron chi connectivity index (χ3n) is 3.90. The van der Waals surface area contributed by atoms with Gasteiger partial charge in [-0.1, -0.05) is 45.9 Å². The molecular weight excluding hydrogens is 143 g/mol. The van der Waals surface area contributed by atoms with Gasteiger partial charge in [-0.2, -0.15) is 0 Å². The Morgan fingerprint density at radius 3 is 2.58 bits per heavy atom. The van der Waals surface area contributed by atoms with E-state index in [0.29, 0.717) is 0 Å². The van der Waals surface area contributed by atoms with Gasteiger partial charge < -0.3 is 0 Å². The molecule has 70 valence electrons. The van der Waals surface area contributed by atoms with E-state index in [-0.39, 0.29) is 0 Å². The van der Waals surface area contributed by atoms with E-state index in [1.54, 1.807) is 0 Å². The molecule has 0 N–H and O–H groups in total. The lowest BCUT2D eigenvalue weighted by Crippen LogP contribution is -2.25. The molecule has 0 aromatic heterocycles. The quantitative estimate of drug-likeness (QED) is 0.553. The van der Waals surface area contributed by atoms with Crippen molar-refractivity contribution in [1.82, 2.24) is 0 Å². The SMILES string of the molecule is BC(CC)C1CC(C)CCC1C. The van der Waals surface area contributed by atoms with Crippen LogP contribution in [0, 0.1) is 17.8 Å². The summed E-state index contributed by atoms with van der Waals surface area (Å²) in [6.07, 6.45) is 5.78. The molecule has 1 fully saturated rings. The lowest BCUT2D eigenvalue weighted by molar-refractivity contribution is 0.192. The van der Waals surface area contributed by atoms with Crippen molar-refractivity contribution < 1.29 is 0 Å². The standard InChI is InChI=1S/C11H23B/c1-4-11(12)10-7-8(2)5-6-9(10)3/h8-11H,4-7,12H2,1-3H3. The fraction of sp³-hybridized carbons (Fsp3) is 1.00. The smallest absolute Gasteiger partial charge is 0.0669 e. The molecule has 0 spiro atoms. The predicted octanol–water partition coefficient (Wildman–Crippen LogP) is 2.89. The Bertz CT molecular complexity index is 129. The summed E-state index contributed by atoms with van der Waals surface area (Å²) in [4.78, 5) is 0. The molecule has 0 nitrogen and oxygen atoms in total. The summed E-state index contributed by atoms with van der Waals surface area (Å²) in [6, 6.07) is 0. The van der Waals surface area contributed by atoms with Gasteiger partial charge in [0.2, 0.25) is 0 Å². The molecule has 4 atom stereocenters. The van der Waals surface area contributed by atoms with Crippen molar-refractivity contribution in [1.29, 1.82) is 0 Å². The van der Waals surface area contributed by atoms with Gasteiger partial charge in [0.1, 0.15) is 7.85 Å². The summed E-state index contributed by atoms with van der Waals surface area (Å²) in [6.45, 7) is 7.20. The van der Waals surface area contributed by atoms with Crippen molar-refractivity contribution in [3.05, 3.63) is 0 Å². The molecule has 4 unspecified atom stereocenters. The molecular formula is C11H23B. The van der Waals surface area contributed by atoms with E-state index in [9.17, 15) is 0 Å². The zero-order valence-electron chi connectivity index (χ0n) is 9.14. The molecule has 0 aromatic carbocycles. The third kappa shape index (κ3) is 2.28. The second kappa shape index (κ2) is 4.34. The molecule has 1 rings (SSSR count). The maximum Gasteiger partial charge on any atom is 0.105 e. The Kier molecular flexibility index (Phi) is 3.67. The molecule has 1 saturated carbocycles. The molecule has 1 aliphatic carbocycles. The second-order valence-electron chi connectivity index (χ2n) is 4.94. The van der Waals surface area contributed by atoms with E-state index in [4.69, 9.17) is 0 Å². The van der Waals surface area contributed by atoms with Crippen LogP contribution in [0.15, 0.2) is 0 Å². The molecule has 0 saturated heterocycles. The van der Waals surface area contributed by atoms with Crippen molar-refractivity contribution in [2.75, 3.05) is 0 Å². The van der Waals surface area contributed by atoms with Gasteiger partial charge in [-0.3, -0.25) is 0 Å². The summed E-state index contributed by atoms with van der Waals surface area (Å²) in [5.41, 5.74) is 0. The Morgan fingerprint density at radius 2 is 2.00 bits per heavy atom. The van der Waals surface area contributed by atoms with Gasteiger partial charge in [0.25, 0.3) is 0 Å². The van der Waals surface area contributed by atoms with Crippen molar-refractivity contribution in [2.45, 2.75) is 52.3 Å². The first-order valence-corrected chi connectivity index (χ1v) is 5.65. The Balaban J connectivity index is 2.48. The van der Waals surface area contributed by atoms with E-state index in [1.165, 1.54) is 25.7 Å². The maximum atomic E-state index is 2.45. The van der Waals surface area contributed by atoms with Crippen LogP contribution in [0.4, 0.5) is 0 Å². The van der Waals surface area contributed by atoms with Crippen LogP contribution in [-0.4, -0.2) is 7.85 Å². The molecule has 0 radical (unpaired) electrons. The van der Waals surface area contributed by atoms with Crippen LogP contribution in [-0.2, 0) is 0 Å². The minimum atomic E-state index is 0.947. The highest BCUT2D eigenvalue weighted by Crippen LogP contribution is 2.40. The van der Waals surface area contributed by atoms with E-state index in [2.05, 4.69) is 28.6 Å². The Labute approximate surface area is 78.5 Å². The average Bonchev–Trinajstić information content (AvgIpc) is 2.08. The fourth-order valence-corrected chi connectivity index (χ4v) is 2.67. The minimum absolute atomic E-state index is 0.947. The highest BCUT2D eigenvalue weighted by molar-refractivity contribution is 6.11. The van der Waals surface area contributed by atoms with Crippen molar-refractivity contribution in [2.24, 2.45) is 17.8 Å². The summed E-state index contributed by atoms with van der Waals surface area (Å²) >= 11 is 0. The fourth-order valence-electron chi connectivity index (χ4n) is 2.67. The molecule has 1 aliphatic rings. The number of hydrogen-bond acceptors (Lipinski definition) is 0. The number of rotatable bonds is 2. The van der Waals surface area contributed by atoms with Crippen LogP contribution in [0.5, 0.6) is 0 Å². The van der Waals surface area contributed by atoms with Crippen LogP contribution in [0.3, 0.4) is 0 Å². The molecule has 0 aliphatic heterocycles. The third-order valence-corrected chi connectivity index (χ3v) is 3.90. The topological polar surface area (TPSA) is 0 Å². The minimum Gasteiger partial charge on any atom is -0.0669 e. The largest absolute Gasteiger partial charge is 0.105 e. The van der Waals surface area contributed by atoms with Gasteiger partial charge in [-0.25, -0.2) is 0 Å². The second-order valence-corrected chi connectivity index (χ2v) is 4.94. The first kappa shape index (κ1) is 10.1. The van der Waals surface area contributed by atoms with Crippen LogP contribution < -0.4 is 0 Å². The van der Waals surface area contributed by atoms with Gasteiger partial charge >= 0.3 is 0 Å². The summed E-state index contributed by atoms with van der Waals surface area (Å²) in [7, 11) is 2.43. The van der Waals surface area contributed by atoms with E-state index in [1.807, 2.05) is 0 Å². The predicted molar refractivity (Wildman–Crippen MR) is 58.3 cm³/mol. The van der Waals surface area contributed by atoms with Gasteiger partial charge in [-0.15, -0.1) is 0 Å². The van der Waals surface area contributed by atoms with Gasteiger partial charge in [0.15, 0.2) is 0 Å². The van der Waals surface area contributed by atoms with E-state index in [0.717, 1.165) is 23.6 Å². The zero-order chi connectivity index (χ0) is 9.14. The zero-order valence-corrected chi connectivity index (χ0v) is 9.14. The van der Waals surface area contributed by atoms with Crippen molar-refractivity contribution in [3.63, 3.8) is 0 Å². The summed E-state index contributed by atoms with van der Waals surface area (Å²) in [5, 5.41) is 0. The molecule has 0 bridgehead atoms. The van der Waals surface area contributed by atoms with Crippen LogP contribution in [0.1, 0.15) is 46.5 Å². The van der Waals surface area contributed by atoms with Crippen LogP contribution in [0.25, 0.3) is 0 Å². The Hall–Kier alpha value is 0.0649. The van der Waals surface area contributed by atoms with E-state index < -0.39 is 0 Å². The van der Waals surface area contributed by atoms with Gasteiger partial charge in [0, 0.05) is 0 Å². The normalized spacial score (nSPS) is 39.4. The summed E-state index contributed by atoms with van der Waals surface area (Å²) in [5.74, 6) is 3.93. The highest BCUT2D eigenvalue weighted by Gasteiger charge is 2.28. The molecule has 0 amide bonds. The Morgan fingerprint density at radius 1 is 1.33 bits per heavy atom. The number of hydrogen-bond donors (Lipinski definition) is 0. The molecule has 0 heterocycles. The van der Waals surface area contributed by atoms with Crippen LogP contribution in [0.2, 0.25) is 5.82 Å². The molecule has 12 heavy (non-hydrogen) atoms.